The van der Waals surface area contributed by atoms with E-state index in [9.17, 15) is 0 Å². The smallest absolute Gasteiger partial charge is 0.127 e. The van der Waals surface area contributed by atoms with Crippen molar-refractivity contribution in [2.75, 3.05) is 6.61 Å². The first kappa shape index (κ1) is 16.0. The molecule has 2 aromatic heterocycles. The lowest BCUT2D eigenvalue weighted by Gasteiger charge is -2.21. The minimum absolute atomic E-state index is 0.0825. The van der Waals surface area contributed by atoms with Crippen LogP contribution in [-0.4, -0.2) is 17.1 Å². The normalized spacial score (nSPS) is 11.6. The highest BCUT2D eigenvalue weighted by atomic mass is 32.1. The van der Waals surface area contributed by atoms with Gasteiger partial charge in [0, 0.05) is 46.9 Å². The van der Waals surface area contributed by atoms with Gasteiger partial charge in [0.25, 0.3) is 0 Å². The molecule has 0 radical (unpaired) electrons. The van der Waals surface area contributed by atoms with Gasteiger partial charge >= 0.3 is 0 Å². The van der Waals surface area contributed by atoms with Crippen LogP contribution in [0.5, 0.6) is 5.75 Å². The van der Waals surface area contributed by atoms with Crippen molar-refractivity contribution < 1.29 is 4.74 Å². The first-order valence-corrected chi connectivity index (χ1v) is 8.18. The van der Waals surface area contributed by atoms with Crippen LogP contribution in [0.25, 0.3) is 0 Å². The van der Waals surface area contributed by atoms with Crippen molar-refractivity contribution in [3.63, 3.8) is 0 Å². The van der Waals surface area contributed by atoms with Crippen molar-refractivity contribution in [2.45, 2.75) is 46.2 Å². The van der Waals surface area contributed by atoms with E-state index in [0.29, 0.717) is 6.61 Å². The molecule has 3 nitrogen and oxygen atoms in total. The molecule has 0 unspecified atom stereocenters. The number of ether oxygens (including phenoxy) is 1. The molecule has 114 valence electrons. The first-order chi connectivity index (χ1) is 9.94. The number of pyridine rings is 1. The predicted octanol–water partition coefficient (Wildman–Crippen LogP) is 3.96. The summed E-state index contributed by atoms with van der Waals surface area (Å²) >= 11 is 1.77. The molecule has 0 atom stereocenters. The molecule has 0 saturated carbocycles. The van der Waals surface area contributed by atoms with Crippen molar-refractivity contribution >= 4 is 11.3 Å². The highest BCUT2D eigenvalue weighted by Gasteiger charge is 2.11. The Morgan fingerprint density at radius 2 is 2.14 bits per heavy atom. The Kier molecular flexibility index (Phi) is 5.37. The maximum absolute atomic E-state index is 5.98. The van der Waals surface area contributed by atoms with Crippen molar-refractivity contribution in [3.05, 3.63) is 45.9 Å². The zero-order valence-corrected chi connectivity index (χ0v) is 14.1. The maximum Gasteiger partial charge on any atom is 0.127 e. The van der Waals surface area contributed by atoms with Crippen molar-refractivity contribution in [1.82, 2.24) is 10.3 Å². The fourth-order valence-electron chi connectivity index (χ4n) is 1.91. The second kappa shape index (κ2) is 7.05. The number of nitrogens with zero attached hydrogens (tertiary/aromatic N) is 1. The quantitative estimate of drug-likeness (QED) is 0.877. The van der Waals surface area contributed by atoms with Crippen LogP contribution in [0.15, 0.2) is 29.8 Å². The Morgan fingerprint density at radius 1 is 1.33 bits per heavy atom. The van der Waals surface area contributed by atoms with E-state index in [4.69, 9.17) is 4.74 Å². The topological polar surface area (TPSA) is 34.1 Å². The third-order valence-corrected chi connectivity index (χ3v) is 4.01. The Bertz CT molecular complexity index is 559. The molecular weight excluding hydrogens is 280 g/mol. The fourth-order valence-corrected chi connectivity index (χ4v) is 2.60. The Morgan fingerprint density at radius 3 is 2.81 bits per heavy atom. The standard InChI is InChI=1S/C17H24N2OS/c1-13-10-16(20-8-7-15-6-5-9-21-15)14(11-18-13)12-19-17(2,3)4/h5-6,9-11,19H,7-8,12H2,1-4H3. The van der Waals surface area contributed by atoms with Crippen LogP contribution < -0.4 is 10.1 Å². The molecule has 0 spiro atoms. The zero-order chi connectivity index (χ0) is 15.3. The molecule has 2 aromatic rings. The van der Waals surface area contributed by atoms with E-state index in [1.54, 1.807) is 11.3 Å². The number of hydrogen-bond acceptors (Lipinski definition) is 4. The van der Waals surface area contributed by atoms with Gasteiger partial charge in [0.2, 0.25) is 0 Å². The second-order valence-electron chi connectivity index (χ2n) is 6.21. The van der Waals surface area contributed by atoms with Crippen LogP contribution in [0.1, 0.15) is 36.9 Å². The van der Waals surface area contributed by atoms with Gasteiger partial charge < -0.3 is 10.1 Å². The summed E-state index contributed by atoms with van der Waals surface area (Å²) < 4.78 is 5.98. The molecule has 4 heteroatoms. The van der Waals surface area contributed by atoms with E-state index >= 15 is 0 Å². The second-order valence-corrected chi connectivity index (χ2v) is 7.25. The lowest BCUT2D eigenvalue weighted by Crippen LogP contribution is -2.35. The molecule has 0 aliphatic heterocycles. The summed E-state index contributed by atoms with van der Waals surface area (Å²) in [7, 11) is 0. The van der Waals surface area contributed by atoms with Crippen LogP contribution in [-0.2, 0) is 13.0 Å². The van der Waals surface area contributed by atoms with Gasteiger partial charge in [0.05, 0.1) is 6.61 Å². The minimum atomic E-state index is 0.0825. The van der Waals surface area contributed by atoms with Crippen molar-refractivity contribution in [1.29, 1.82) is 0 Å². The van der Waals surface area contributed by atoms with Crippen molar-refractivity contribution in [2.24, 2.45) is 0 Å². The number of hydrogen-bond donors (Lipinski definition) is 1. The first-order valence-electron chi connectivity index (χ1n) is 7.30. The molecule has 0 bridgehead atoms. The number of aryl methyl sites for hydroxylation is 1. The van der Waals surface area contributed by atoms with Crippen molar-refractivity contribution in [3.8, 4) is 5.75 Å². The van der Waals surface area contributed by atoms with E-state index in [1.165, 1.54) is 4.88 Å². The number of aromatic nitrogens is 1. The maximum atomic E-state index is 5.98. The lowest BCUT2D eigenvalue weighted by molar-refractivity contribution is 0.315. The molecule has 0 amide bonds. The van der Waals surface area contributed by atoms with Gasteiger partial charge in [0.15, 0.2) is 0 Å². The Balaban J connectivity index is 1.97. The van der Waals surface area contributed by atoms with Crippen LogP contribution in [0.4, 0.5) is 0 Å². The fraction of sp³-hybridized carbons (Fsp3) is 0.471. The average Bonchev–Trinajstić information content (AvgIpc) is 2.90. The number of nitrogens with one attached hydrogen (secondary N) is 1. The molecular formula is C17H24N2OS. The van der Waals surface area contributed by atoms with Gasteiger partial charge in [-0.1, -0.05) is 6.07 Å². The largest absolute Gasteiger partial charge is 0.493 e. The molecule has 0 fully saturated rings. The lowest BCUT2D eigenvalue weighted by atomic mass is 10.1. The molecule has 0 saturated heterocycles. The van der Waals surface area contributed by atoms with Gasteiger partial charge in [-0.05, 0) is 39.1 Å². The molecule has 0 aliphatic rings. The summed E-state index contributed by atoms with van der Waals surface area (Å²) in [5.74, 6) is 0.941. The summed E-state index contributed by atoms with van der Waals surface area (Å²) in [5.41, 5.74) is 2.18. The van der Waals surface area contributed by atoms with E-state index in [2.05, 4.69) is 48.6 Å². The van der Waals surface area contributed by atoms with Gasteiger partial charge in [0.1, 0.15) is 5.75 Å². The molecule has 2 heterocycles. The SMILES string of the molecule is Cc1cc(OCCc2cccs2)c(CNC(C)(C)C)cn1. The molecule has 2 rings (SSSR count). The van der Waals surface area contributed by atoms with E-state index in [-0.39, 0.29) is 5.54 Å². The zero-order valence-electron chi connectivity index (χ0n) is 13.3. The van der Waals surface area contributed by atoms with Gasteiger partial charge in [-0.2, -0.15) is 0 Å². The van der Waals surface area contributed by atoms with Crippen LogP contribution in [0, 0.1) is 6.92 Å². The molecule has 21 heavy (non-hydrogen) atoms. The average molecular weight is 304 g/mol. The minimum Gasteiger partial charge on any atom is -0.493 e. The van der Waals surface area contributed by atoms with E-state index in [0.717, 1.165) is 30.0 Å². The third kappa shape index (κ3) is 5.48. The van der Waals surface area contributed by atoms with E-state index in [1.807, 2.05) is 19.2 Å². The summed E-state index contributed by atoms with van der Waals surface area (Å²) in [4.78, 5) is 5.74. The number of thiophene rings is 1. The Labute approximate surface area is 131 Å². The molecule has 1 N–H and O–H groups in total. The highest BCUT2D eigenvalue weighted by Crippen LogP contribution is 2.20. The van der Waals surface area contributed by atoms with Gasteiger partial charge in [-0.15, -0.1) is 11.3 Å². The van der Waals surface area contributed by atoms with Gasteiger partial charge in [-0.25, -0.2) is 0 Å². The van der Waals surface area contributed by atoms with Crippen LogP contribution in [0.3, 0.4) is 0 Å². The monoisotopic (exact) mass is 304 g/mol. The van der Waals surface area contributed by atoms with Crippen LogP contribution >= 0.6 is 11.3 Å². The summed E-state index contributed by atoms with van der Waals surface area (Å²) in [6, 6.07) is 6.25. The van der Waals surface area contributed by atoms with Crippen LogP contribution in [0.2, 0.25) is 0 Å². The third-order valence-electron chi connectivity index (χ3n) is 3.08. The summed E-state index contributed by atoms with van der Waals surface area (Å²) in [6.07, 6.45) is 2.86. The van der Waals surface area contributed by atoms with Gasteiger partial charge in [-0.3, -0.25) is 4.98 Å². The highest BCUT2D eigenvalue weighted by molar-refractivity contribution is 7.09. The summed E-state index contributed by atoms with van der Waals surface area (Å²) in [5, 5.41) is 5.59. The number of rotatable bonds is 6. The predicted molar refractivity (Wildman–Crippen MR) is 89.1 cm³/mol. The molecule has 0 aromatic carbocycles. The van der Waals surface area contributed by atoms with E-state index < -0.39 is 0 Å². The Hall–Kier alpha value is -1.39. The molecule has 0 aliphatic carbocycles. The summed E-state index contributed by atoms with van der Waals surface area (Å²) in [6.45, 7) is 9.94.